The van der Waals surface area contributed by atoms with Crippen LogP contribution in [0.4, 0.5) is 0 Å². The van der Waals surface area contributed by atoms with Crippen LogP contribution in [0.2, 0.25) is 5.02 Å². The van der Waals surface area contributed by atoms with E-state index in [1.54, 1.807) is 12.1 Å². The lowest BCUT2D eigenvalue weighted by Gasteiger charge is -2.17. The molecule has 0 aliphatic rings. The van der Waals surface area contributed by atoms with Crippen molar-refractivity contribution in [2.75, 3.05) is 6.54 Å². The minimum atomic E-state index is -0.820. The van der Waals surface area contributed by atoms with Crippen LogP contribution in [0.3, 0.4) is 0 Å². The molecule has 35 heavy (non-hydrogen) atoms. The highest BCUT2D eigenvalue weighted by Gasteiger charge is 2.24. The van der Waals surface area contributed by atoms with E-state index in [2.05, 4.69) is 22.4 Å². The maximum atomic E-state index is 10.6. The topological polar surface area (TPSA) is 97.5 Å². The standard InChI is InChI=1S/C27H26ClN3O4/c1-17-3-12-23(15-18(17)2)34-25(20-8-10-22(28)11-9-20)27-30-26(31-35-27)21-6-4-19(5-7-21)16-29-14-13-24(32)33/h3-12,15,25,29H,13-14,16H2,1-2H3,(H,32,33). The van der Waals surface area contributed by atoms with E-state index < -0.39 is 12.1 Å². The van der Waals surface area contributed by atoms with Gasteiger partial charge in [-0.15, -0.1) is 0 Å². The number of aryl methyl sites for hydroxylation is 2. The predicted molar refractivity (Wildman–Crippen MR) is 134 cm³/mol. The number of aliphatic carboxylic acids is 1. The quantitative estimate of drug-likeness (QED) is 0.273. The summed E-state index contributed by atoms with van der Waals surface area (Å²) in [5.74, 6) is 0.666. The zero-order valence-electron chi connectivity index (χ0n) is 19.5. The second kappa shape index (κ2) is 11.2. The molecule has 8 heteroatoms. The van der Waals surface area contributed by atoms with Crippen LogP contribution in [0.1, 0.15) is 40.7 Å². The first-order chi connectivity index (χ1) is 16.9. The Hall–Kier alpha value is -3.68. The molecule has 0 bridgehead atoms. The van der Waals surface area contributed by atoms with Crippen molar-refractivity contribution >= 4 is 17.6 Å². The first kappa shape index (κ1) is 24.4. The van der Waals surface area contributed by atoms with Crippen molar-refractivity contribution in [2.24, 2.45) is 0 Å². The summed E-state index contributed by atoms with van der Waals surface area (Å²) < 4.78 is 12.0. The Morgan fingerprint density at radius 1 is 1.06 bits per heavy atom. The van der Waals surface area contributed by atoms with Gasteiger partial charge in [0.15, 0.2) is 0 Å². The molecule has 180 valence electrons. The van der Waals surface area contributed by atoms with E-state index >= 15 is 0 Å². The van der Waals surface area contributed by atoms with Gasteiger partial charge >= 0.3 is 5.97 Å². The Morgan fingerprint density at radius 2 is 1.80 bits per heavy atom. The van der Waals surface area contributed by atoms with Crippen LogP contribution in [0.25, 0.3) is 11.4 Å². The molecular formula is C27H26ClN3O4. The van der Waals surface area contributed by atoms with E-state index in [0.29, 0.717) is 35.6 Å². The number of halogens is 1. The average molecular weight is 492 g/mol. The van der Waals surface area contributed by atoms with Gasteiger partial charge in [0.05, 0.1) is 6.42 Å². The molecule has 4 rings (SSSR count). The van der Waals surface area contributed by atoms with Gasteiger partial charge < -0.3 is 19.7 Å². The van der Waals surface area contributed by atoms with E-state index in [4.69, 9.17) is 26.0 Å². The number of benzene rings is 3. The lowest BCUT2D eigenvalue weighted by atomic mass is 10.1. The van der Waals surface area contributed by atoms with Crippen LogP contribution < -0.4 is 10.1 Å². The number of carbonyl (C=O) groups is 1. The van der Waals surface area contributed by atoms with E-state index in [9.17, 15) is 4.79 Å². The molecule has 0 aliphatic heterocycles. The third-order valence-corrected chi connectivity index (χ3v) is 5.88. The Balaban J connectivity index is 1.54. The van der Waals surface area contributed by atoms with Gasteiger partial charge in [-0.25, -0.2) is 0 Å². The Bertz CT molecular complexity index is 1290. The fraction of sp³-hybridized carbons (Fsp3) is 0.222. The molecule has 1 atom stereocenters. The normalized spacial score (nSPS) is 11.9. The minimum absolute atomic E-state index is 0.0860. The summed E-state index contributed by atoms with van der Waals surface area (Å²) in [6.07, 6.45) is -0.517. The monoisotopic (exact) mass is 491 g/mol. The van der Waals surface area contributed by atoms with Gasteiger partial charge in [0, 0.05) is 29.2 Å². The van der Waals surface area contributed by atoms with Crippen molar-refractivity contribution in [3.05, 3.63) is 99.9 Å². The van der Waals surface area contributed by atoms with Crippen LogP contribution in [0, 0.1) is 13.8 Å². The summed E-state index contributed by atoms with van der Waals surface area (Å²) in [5.41, 5.74) is 4.98. The molecule has 7 nitrogen and oxygen atoms in total. The van der Waals surface area contributed by atoms with Gasteiger partial charge in [0.1, 0.15) is 5.75 Å². The molecule has 0 aliphatic carbocycles. The molecule has 0 radical (unpaired) electrons. The molecule has 4 aromatic rings. The van der Waals surface area contributed by atoms with Gasteiger partial charge in [-0.05, 0) is 54.8 Å². The largest absolute Gasteiger partial charge is 0.481 e. The number of aromatic nitrogens is 2. The fourth-order valence-electron chi connectivity index (χ4n) is 3.48. The van der Waals surface area contributed by atoms with E-state index in [0.717, 1.165) is 22.3 Å². The smallest absolute Gasteiger partial charge is 0.304 e. The van der Waals surface area contributed by atoms with Crippen molar-refractivity contribution in [2.45, 2.75) is 32.9 Å². The molecule has 0 saturated heterocycles. The lowest BCUT2D eigenvalue weighted by molar-refractivity contribution is -0.136. The fourth-order valence-corrected chi connectivity index (χ4v) is 3.61. The van der Waals surface area contributed by atoms with Gasteiger partial charge in [-0.2, -0.15) is 4.98 Å². The highest BCUT2D eigenvalue weighted by Crippen LogP contribution is 2.30. The van der Waals surface area contributed by atoms with Crippen LogP contribution in [0.15, 0.2) is 71.3 Å². The second-order valence-electron chi connectivity index (χ2n) is 8.27. The third-order valence-electron chi connectivity index (χ3n) is 5.63. The maximum Gasteiger partial charge on any atom is 0.304 e. The number of nitrogens with zero attached hydrogens (tertiary/aromatic N) is 2. The predicted octanol–water partition coefficient (Wildman–Crippen LogP) is 5.74. The average Bonchev–Trinajstić information content (AvgIpc) is 3.33. The molecule has 3 aromatic carbocycles. The summed E-state index contributed by atoms with van der Waals surface area (Å²) in [5, 5.41) is 16.6. The van der Waals surface area contributed by atoms with Crippen molar-refractivity contribution in [1.82, 2.24) is 15.5 Å². The van der Waals surface area contributed by atoms with E-state index in [-0.39, 0.29) is 6.42 Å². The van der Waals surface area contributed by atoms with Crippen molar-refractivity contribution < 1.29 is 19.2 Å². The summed E-state index contributed by atoms with van der Waals surface area (Å²) >= 11 is 6.09. The SMILES string of the molecule is Cc1ccc(OC(c2ccc(Cl)cc2)c2nc(-c3ccc(CNCCC(=O)O)cc3)no2)cc1C. The molecule has 1 heterocycles. The molecule has 0 amide bonds. The number of rotatable bonds is 10. The van der Waals surface area contributed by atoms with Gasteiger partial charge in [-0.3, -0.25) is 4.79 Å². The molecule has 2 N–H and O–H groups in total. The summed E-state index contributed by atoms with van der Waals surface area (Å²) in [7, 11) is 0. The van der Waals surface area contributed by atoms with Gasteiger partial charge in [-0.1, -0.05) is 59.2 Å². The summed E-state index contributed by atoms with van der Waals surface area (Å²) in [4.78, 5) is 15.2. The van der Waals surface area contributed by atoms with Crippen LogP contribution in [-0.4, -0.2) is 27.8 Å². The summed E-state index contributed by atoms with van der Waals surface area (Å²) in [6.45, 7) is 5.08. The molecule has 0 saturated carbocycles. The molecule has 1 aromatic heterocycles. The van der Waals surface area contributed by atoms with Crippen molar-refractivity contribution in [3.63, 3.8) is 0 Å². The van der Waals surface area contributed by atoms with Crippen molar-refractivity contribution in [3.8, 4) is 17.1 Å². The number of carboxylic acids is 1. The number of carboxylic acid groups (broad SMARTS) is 1. The van der Waals surface area contributed by atoms with E-state index in [1.807, 2.05) is 61.5 Å². The number of ether oxygens (including phenoxy) is 1. The van der Waals surface area contributed by atoms with Crippen LogP contribution in [0.5, 0.6) is 5.75 Å². The molecule has 1 unspecified atom stereocenters. The third kappa shape index (κ3) is 6.47. The molecular weight excluding hydrogens is 466 g/mol. The lowest BCUT2D eigenvalue weighted by Crippen LogP contribution is -2.17. The zero-order valence-corrected chi connectivity index (χ0v) is 20.2. The Kier molecular flexibility index (Phi) is 7.80. The van der Waals surface area contributed by atoms with Crippen LogP contribution in [-0.2, 0) is 11.3 Å². The highest BCUT2D eigenvalue weighted by molar-refractivity contribution is 6.30. The number of nitrogens with one attached hydrogen (secondary N) is 1. The second-order valence-corrected chi connectivity index (χ2v) is 8.71. The molecule has 0 spiro atoms. The first-order valence-corrected chi connectivity index (χ1v) is 11.6. The summed E-state index contributed by atoms with van der Waals surface area (Å²) in [6, 6.07) is 21.0. The van der Waals surface area contributed by atoms with Crippen LogP contribution >= 0.6 is 11.6 Å². The molecule has 0 fully saturated rings. The Morgan fingerprint density at radius 3 is 2.49 bits per heavy atom. The van der Waals surface area contributed by atoms with Crippen molar-refractivity contribution in [1.29, 1.82) is 0 Å². The maximum absolute atomic E-state index is 10.6. The van der Waals surface area contributed by atoms with Gasteiger partial charge in [0.2, 0.25) is 11.9 Å². The number of hydrogen-bond acceptors (Lipinski definition) is 6. The Labute approximate surface area is 208 Å². The zero-order chi connectivity index (χ0) is 24.8. The first-order valence-electron chi connectivity index (χ1n) is 11.2. The van der Waals surface area contributed by atoms with E-state index in [1.165, 1.54) is 5.56 Å². The highest BCUT2D eigenvalue weighted by atomic mass is 35.5. The minimum Gasteiger partial charge on any atom is -0.481 e. The van der Waals surface area contributed by atoms with Gasteiger partial charge in [0.25, 0.3) is 5.89 Å². The number of hydrogen-bond donors (Lipinski definition) is 2.